The van der Waals surface area contributed by atoms with Crippen molar-refractivity contribution in [2.24, 2.45) is 5.92 Å². The number of hydrogen-bond donors (Lipinski definition) is 1. The lowest BCUT2D eigenvalue weighted by molar-refractivity contribution is 0.122. The molecule has 0 atom stereocenters. The Morgan fingerprint density at radius 3 is 2.58 bits per heavy atom. The number of ether oxygens (including phenoxy) is 2. The van der Waals surface area contributed by atoms with Crippen LogP contribution in [0.3, 0.4) is 0 Å². The van der Waals surface area contributed by atoms with Crippen LogP contribution >= 0.6 is 0 Å². The van der Waals surface area contributed by atoms with Crippen LogP contribution in [0.15, 0.2) is 24.3 Å². The van der Waals surface area contributed by atoms with Crippen molar-refractivity contribution in [2.75, 3.05) is 26.9 Å². The third-order valence-electron chi connectivity index (χ3n) is 3.36. The van der Waals surface area contributed by atoms with Gasteiger partial charge in [0.25, 0.3) is 0 Å². The molecule has 106 valence electrons. The van der Waals surface area contributed by atoms with E-state index in [4.69, 9.17) is 9.47 Å². The van der Waals surface area contributed by atoms with Gasteiger partial charge in [-0.25, -0.2) is 0 Å². The van der Waals surface area contributed by atoms with Gasteiger partial charge in [-0.15, -0.1) is 0 Å². The summed E-state index contributed by atoms with van der Waals surface area (Å²) in [5.41, 5.74) is 2.54. The fourth-order valence-electron chi connectivity index (χ4n) is 1.99. The number of rotatable bonds is 10. The molecule has 0 aliphatic heterocycles. The highest BCUT2D eigenvalue weighted by atomic mass is 16.5. The van der Waals surface area contributed by atoms with Gasteiger partial charge in [0.2, 0.25) is 0 Å². The van der Waals surface area contributed by atoms with E-state index in [0.717, 1.165) is 38.6 Å². The topological polar surface area (TPSA) is 30.5 Å². The van der Waals surface area contributed by atoms with E-state index in [9.17, 15) is 0 Å². The molecule has 1 aliphatic carbocycles. The molecule has 1 aromatic carbocycles. The second kappa shape index (κ2) is 8.31. The molecule has 19 heavy (non-hydrogen) atoms. The standard InChI is InChI=1S/C16H25NO2/c1-18-12-15-5-3-14(4-6-15)11-17-9-2-10-19-13-16-7-8-16/h3-6,16-17H,2,7-13H2,1H3. The van der Waals surface area contributed by atoms with Gasteiger partial charge in [0.15, 0.2) is 0 Å². The van der Waals surface area contributed by atoms with Crippen LogP contribution in [0.1, 0.15) is 30.4 Å². The van der Waals surface area contributed by atoms with Crippen LogP contribution in [-0.4, -0.2) is 26.9 Å². The first-order valence-electron chi connectivity index (χ1n) is 7.23. The van der Waals surface area contributed by atoms with Crippen LogP contribution in [0.5, 0.6) is 0 Å². The second-order valence-corrected chi connectivity index (χ2v) is 5.30. The average Bonchev–Trinajstić information content (AvgIpc) is 3.24. The smallest absolute Gasteiger partial charge is 0.0713 e. The van der Waals surface area contributed by atoms with Gasteiger partial charge in [-0.3, -0.25) is 0 Å². The van der Waals surface area contributed by atoms with Crippen molar-refractivity contribution >= 4 is 0 Å². The van der Waals surface area contributed by atoms with E-state index in [-0.39, 0.29) is 0 Å². The summed E-state index contributed by atoms with van der Waals surface area (Å²) in [6.45, 7) is 4.49. The molecule has 0 radical (unpaired) electrons. The molecule has 0 unspecified atom stereocenters. The summed E-state index contributed by atoms with van der Waals surface area (Å²) >= 11 is 0. The molecule has 3 heteroatoms. The van der Waals surface area contributed by atoms with Crippen molar-refractivity contribution in [3.8, 4) is 0 Å². The fourth-order valence-corrected chi connectivity index (χ4v) is 1.99. The summed E-state index contributed by atoms with van der Waals surface area (Å²) in [4.78, 5) is 0. The average molecular weight is 263 g/mol. The molecule has 0 bridgehead atoms. The SMILES string of the molecule is COCc1ccc(CNCCCOCC2CC2)cc1. The van der Waals surface area contributed by atoms with E-state index in [1.807, 2.05) is 0 Å². The number of benzene rings is 1. The summed E-state index contributed by atoms with van der Waals surface area (Å²) in [7, 11) is 1.72. The number of hydrogen-bond acceptors (Lipinski definition) is 3. The predicted molar refractivity (Wildman–Crippen MR) is 77.0 cm³/mol. The van der Waals surface area contributed by atoms with Crippen molar-refractivity contribution in [1.29, 1.82) is 0 Å². The minimum Gasteiger partial charge on any atom is -0.381 e. The molecule has 1 N–H and O–H groups in total. The molecule has 2 rings (SSSR count). The minimum atomic E-state index is 0.687. The Bertz CT molecular complexity index is 346. The highest BCUT2D eigenvalue weighted by Crippen LogP contribution is 2.28. The van der Waals surface area contributed by atoms with Crippen LogP contribution in [0, 0.1) is 5.92 Å². The third-order valence-corrected chi connectivity index (χ3v) is 3.36. The molecular weight excluding hydrogens is 238 g/mol. The summed E-state index contributed by atoms with van der Waals surface area (Å²) in [6, 6.07) is 8.56. The maximum absolute atomic E-state index is 5.60. The van der Waals surface area contributed by atoms with E-state index in [0.29, 0.717) is 6.61 Å². The Morgan fingerprint density at radius 2 is 1.89 bits per heavy atom. The van der Waals surface area contributed by atoms with E-state index in [1.54, 1.807) is 7.11 Å². The molecule has 0 heterocycles. The zero-order chi connectivity index (χ0) is 13.3. The minimum absolute atomic E-state index is 0.687. The largest absolute Gasteiger partial charge is 0.381 e. The molecule has 1 fully saturated rings. The van der Waals surface area contributed by atoms with Gasteiger partial charge in [-0.1, -0.05) is 24.3 Å². The number of methoxy groups -OCH3 is 1. The molecule has 0 amide bonds. The maximum Gasteiger partial charge on any atom is 0.0713 e. The highest BCUT2D eigenvalue weighted by molar-refractivity contribution is 5.21. The van der Waals surface area contributed by atoms with Gasteiger partial charge >= 0.3 is 0 Å². The highest BCUT2D eigenvalue weighted by Gasteiger charge is 2.20. The fraction of sp³-hybridized carbons (Fsp3) is 0.625. The molecule has 1 aliphatic rings. The second-order valence-electron chi connectivity index (χ2n) is 5.30. The molecule has 0 aromatic heterocycles. The molecule has 0 spiro atoms. The molecule has 3 nitrogen and oxygen atoms in total. The molecule has 1 saturated carbocycles. The Labute approximate surface area is 116 Å². The summed E-state index contributed by atoms with van der Waals surface area (Å²) in [5.74, 6) is 0.874. The molecular formula is C16H25NO2. The van der Waals surface area contributed by atoms with Gasteiger partial charge < -0.3 is 14.8 Å². The van der Waals surface area contributed by atoms with Crippen molar-refractivity contribution in [3.05, 3.63) is 35.4 Å². The Morgan fingerprint density at radius 1 is 1.16 bits per heavy atom. The van der Waals surface area contributed by atoms with Crippen molar-refractivity contribution in [3.63, 3.8) is 0 Å². The monoisotopic (exact) mass is 263 g/mol. The lowest BCUT2D eigenvalue weighted by Crippen LogP contribution is -2.16. The maximum atomic E-state index is 5.60. The molecule has 1 aromatic rings. The van der Waals surface area contributed by atoms with Gasteiger partial charge in [-0.2, -0.15) is 0 Å². The van der Waals surface area contributed by atoms with Crippen molar-refractivity contribution in [2.45, 2.75) is 32.4 Å². The zero-order valence-corrected chi connectivity index (χ0v) is 11.9. The summed E-state index contributed by atoms with van der Waals surface area (Å²) in [6.07, 6.45) is 3.84. The quantitative estimate of drug-likeness (QED) is 0.658. The van der Waals surface area contributed by atoms with Crippen LogP contribution in [0.2, 0.25) is 0 Å². The van der Waals surface area contributed by atoms with Gasteiger partial charge in [0, 0.05) is 26.9 Å². The number of nitrogens with one attached hydrogen (secondary N) is 1. The van der Waals surface area contributed by atoms with E-state index < -0.39 is 0 Å². The Hall–Kier alpha value is -0.900. The first kappa shape index (κ1) is 14.5. The predicted octanol–water partition coefficient (Wildman–Crippen LogP) is 2.74. The summed E-state index contributed by atoms with van der Waals surface area (Å²) < 4.78 is 10.7. The zero-order valence-electron chi connectivity index (χ0n) is 11.9. The first-order chi connectivity index (χ1) is 9.38. The van der Waals surface area contributed by atoms with Gasteiger partial charge in [0.1, 0.15) is 0 Å². The lowest BCUT2D eigenvalue weighted by atomic mass is 10.1. The van der Waals surface area contributed by atoms with Crippen molar-refractivity contribution in [1.82, 2.24) is 5.32 Å². The van der Waals surface area contributed by atoms with Gasteiger partial charge in [0.05, 0.1) is 6.61 Å². The van der Waals surface area contributed by atoms with Crippen LogP contribution in [0.25, 0.3) is 0 Å². The Balaban J connectivity index is 1.49. The van der Waals surface area contributed by atoms with E-state index in [1.165, 1.54) is 24.0 Å². The summed E-state index contributed by atoms with van der Waals surface area (Å²) in [5, 5.41) is 3.45. The van der Waals surface area contributed by atoms with Gasteiger partial charge in [-0.05, 0) is 42.9 Å². The third kappa shape index (κ3) is 6.19. The normalized spacial score (nSPS) is 14.8. The van der Waals surface area contributed by atoms with Crippen LogP contribution in [0.4, 0.5) is 0 Å². The lowest BCUT2D eigenvalue weighted by Gasteiger charge is -2.07. The Kier molecular flexibility index (Phi) is 6.34. The van der Waals surface area contributed by atoms with Crippen molar-refractivity contribution < 1.29 is 9.47 Å². The van der Waals surface area contributed by atoms with E-state index in [2.05, 4.69) is 29.6 Å². The van der Waals surface area contributed by atoms with Crippen LogP contribution < -0.4 is 5.32 Å². The first-order valence-corrected chi connectivity index (χ1v) is 7.23. The van der Waals surface area contributed by atoms with E-state index >= 15 is 0 Å². The van der Waals surface area contributed by atoms with Crippen LogP contribution in [-0.2, 0) is 22.6 Å². The molecule has 0 saturated heterocycles.